The molecule has 0 nitrogen and oxygen atoms in total. The minimum atomic E-state index is 0.696. The highest BCUT2D eigenvalue weighted by molar-refractivity contribution is 6.17. The second-order valence-corrected chi connectivity index (χ2v) is 4.15. The largest absolute Gasteiger partial charge is 0.126 e. The lowest BCUT2D eigenvalue weighted by Gasteiger charge is -2.07. The molecule has 0 unspecified atom stereocenters. The van der Waals surface area contributed by atoms with Gasteiger partial charge in [-0.1, -0.05) is 42.5 Å². The van der Waals surface area contributed by atoms with E-state index in [1.165, 1.54) is 23.1 Å². The monoisotopic (exact) mass is 218 g/mol. The maximum absolute atomic E-state index is 5.70. The summed E-state index contributed by atoms with van der Waals surface area (Å²) in [5.74, 6) is 0.696. The van der Waals surface area contributed by atoms with Crippen LogP contribution in [0.15, 0.2) is 42.5 Å². The van der Waals surface area contributed by atoms with Gasteiger partial charge in [0.15, 0.2) is 0 Å². The molecule has 0 bridgehead atoms. The van der Waals surface area contributed by atoms with Gasteiger partial charge in [-0.15, -0.1) is 11.6 Å². The third-order valence-corrected chi connectivity index (χ3v) is 2.85. The summed E-state index contributed by atoms with van der Waals surface area (Å²) in [5, 5.41) is 0. The van der Waals surface area contributed by atoms with Crippen molar-refractivity contribution in [2.45, 2.75) is 19.3 Å². The Morgan fingerprint density at radius 3 is 2.47 bits per heavy atom. The number of halogens is 1. The van der Waals surface area contributed by atoms with Gasteiger partial charge in [0.25, 0.3) is 0 Å². The average molecular weight is 219 g/mol. The smallest absolute Gasteiger partial charge is 0.0263 e. The lowest BCUT2D eigenvalue weighted by molar-refractivity contribution is 1.04. The van der Waals surface area contributed by atoms with Crippen molar-refractivity contribution in [3.05, 3.63) is 53.6 Å². The molecule has 2 rings (SSSR count). The van der Waals surface area contributed by atoms with Crippen LogP contribution >= 0.6 is 11.6 Å². The SMILES string of the molecule is ClCCc1ccc(C2=CCCC=C2)cc1. The molecule has 15 heavy (non-hydrogen) atoms. The number of benzene rings is 1. The minimum Gasteiger partial charge on any atom is -0.126 e. The van der Waals surface area contributed by atoms with Gasteiger partial charge in [0, 0.05) is 5.88 Å². The van der Waals surface area contributed by atoms with Crippen LogP contribution in [0.5, 0.6) is 0 Å². The number of allylic oxidation sites excluding steroid dienone is 4. The van der Waals surface area contributed by atoms with E-state index < -0.39 is 0 Å². The summed E-state index contributed by atoms with van der Waals surface area (Å²) in [6.07, 6.45) is 10.0. The molecule has 0 amide bonds. The fraction of sp³-hybridized carbons (Fsp3) is 0.286. The Kier molecular flexibility index (Phi) is 3.63. The van der Waals surface area contributed by atoms with Crippen LogP contribution in [-0.4, -0.2) is 5.88 Å². The molecule has 1 aromatic carbocycles. The van der Waals surface area contributed by atoms with Crippen LogP contribution in [0.25, 0.3) is 5.57 Å². The van der Waals surface area contributed by atoms with Crippen molar-refractivity contribution in [1.82, 2.24) is 0 Å². The predicted octanol–water partition coefficient (Wildman–Crippen LogP) is 4.20. The Balaban J connectivity index is 2.16. The molecule has 0 saturated heterocycles. The summed E-state index contributed by atoms with van der Waals surface area (Å²) in [7, 11) is 0. The molecule has 1 aliphatic rings. The third kappa shape index (κ3) is 2.73. The molecule has 1 aliphatic carbocycles. The maximum Gasteiger partial charge on any atom is 0.0263 e. The molecule has 0 fully saturated rings. The molecular formula is C14H15Cl. The van der Waals surface area contributed by atoms with E-state index in [1.54, 1.807) is 0 Å². The summed E-state index contributed by atoms with van der Waals surface area (Å²) in [5.41, 5.74) is 3.97. The summed E-state index contributed by atoms with van der Waals surface area (Å²) < 4.78 is 0. The van der Waals surface area contributed by atoms with Gasteiger partial charge in [-0.25, -0.2) is 0 Å². The molecule has 0 aliphatic heterocycles. The zero-order valence-corrected chi connectivity index (χ0v) is 9.50. The van der Waals surface area contributed by atoms with Crippen LogP contribution in [0, 0.1) is 0 Å². The van der Waals surface area contributed by atoms with Gasteiger partial charge in [0.05, 0.1) is 0 Å². The first-order valence-corrected chi connectivity index (χ1v) is 5.95. The van der Waals surface area contributed by atoms with E-state index in [0.717, 1.165) is 12.8 Å². The molecule has 0 saturated carbocycles. The van der Waals surface area contributed by atoms with E-state index in [-0.39, 0.29) is 0 Å². The highest BCUT2D eigenvalue weighted by Gasteiger charge is 2.00. The van der Waals surface area contributed by atoms with E-state index in [4.69, 9.17) is 11.6 Å². The van der Waals surface area contributed by atoms with Crippen molar-refractivity contribution in [3.8, 4) is 0 Å². The van der Waals surface area contributed by atoms with E-state index in [2.05, 4.69) is 42.5 Å². The second kappa shape index (κ2) is 5.18. The van der Waals surface area contributed by atoms with E-state index in [9.17, 15) is 0 Å². The average Bonchev–Trinajstić information content (AvgIpc) is 2.32. The van der Waals surface area contributed by atoms with Crippen LogP contribution < -0.4 is 0 Å². The number of alkyl halides is 1. The fourth-order valence-corrected chi connectivity index (χ4v) is 2.02. The molecule has 0 spiro atoms. The van der Waals surface area contributed by atoms with Crippen LogP contribution in [0.4, 0.5) is 0 Å². The number of hydrogen-bond acceptors (Lipinski definition) is 0. The van der Waals surface area contributed by atoms with Gasteiger partial charge in [-0.3, -0.25) is 0 Å². The number of rotatable bonds is 3. The Morgan fingerprint density at radius 1 is 1.07 bits per heavy atom. The van der Waals surface area contributed by atoms with Crippen molar-refractivity contribution in [2.75, 3.05) is 5.88 Å². The molecule has 0 radical (unpaired) electrons. The lowest BCUT2D eigenvalue weighted by atomic mass is 9.98. The van der Waals surface area contributed by atoms with Gasteiger partial charge in [-0.05, 0) is 36.0 Å². The second-order valence-electron chi connectivity index (χ2n) is 3.78. The van der Waals surface area contributed by atoms with Crippen LogP contribution in [-0.2, 0) is 6.42 Å². The lowest BCUT2D eigenvalue weighted by Crippen LogP contribution is -1.89. The van der Waals surface area contributed by atoms with Crippen LogP contribution in [0.2, 0.25) is 0 Å². The molecule has 0 heterocycles. The molecule has 1 aromatic rings. The van der Waals surface area contributed by atoms with Gasteiger partial charge >= 0.3 is 0 Å². The summed E-state index contributed by atoms with van der Waals surface area (Å²) in [6.45, 7) is 0. The summed E-state index contributed by atoms with van der Waals surface area (Å²) in [6, 6.07) is 8.70. The molecule has 0 aromatic heterocycles. The quantitative estimate of drug-likeness (QED) is 0.667. The zero-order chi connectivity index (χ0) is 10.5. The van der Waals surface area contributed by atoms with Crippen LogP contribution in [0.3, 0.4) is 0 Å². The number of hydrogen-bond donors (Lipinski definition) is 0. The predicted molar refractivity (Wildman–Crippen MR) is 67.2 cm³/mol. The van der Waals surface area contributed by atoms with Crippen molar-refractivity contribution < 1.29 is 0 Å². The minimum absolute atomic E-state index is 0.696. The highest BCUT2D eigenvalue weighted by atomic mass is 35.5. The van der Waals surface area contributed by atoms with Crippen LogP contribution in [0.1, 0.15) is 24.0 Å². The first kappa shape index (κ1) is 10.5. The molecule has 1 heteroatoms. The van der Waals surface area contributed by atoms with E-state index >= 15 is 0 Å². The fourth-order valence-electron chi connectivity index (χ4n) is 1.80. The number of aryl methyl sites for hydroxylation is 1. The van der Waals surface area contributed by atoms with Gasteiger partial charge in [0.2, 0.25) is 0 Å². The Bertz CT molecular complexity index is 371. The summed E-state index contributed by atoms with van der Waals surface area (Å²) in [4.78, 5) is 0. The van der Waals surface area contributed by atoms with Crippen molar-refractivity contribution in [2.24, 2.45) is 0 Å². The molecule has 0 N–H and O–H groups in total. The van der Waals surface area contributed by atoms with Crippen molar-refractivity contribution in [1.29, 1.82) is 0 Å². The van der Waals surface area contributed by atoms with Gasteiger partial charge in [-0.2, -0.15) is 0 Å². The first-order valence-electron chi connectivity index (χ1n) is 5.42. The van der Waals surface area contributed by atoms with Crippen molar-refractivity contribution >= 4 is 17.2 Å². The maximum atomic E-state index is 5.70. The van der Waals surface area contributed by atoms with E-state index in [1.807, 2.05) is 0 Å². The summed E-state index contributed by atoms with van der Waals surface area (Å²) >= 11 is 5.70. The third-order valence-electron chi connectivity index (χ3n) is 2.67. The molecule has 78 valence electrons. The van der Waals surface area contributed by atoms with Gasteiger partial charge < -0.3 is 0 Å². The zero-order valence-electron chi connectivity index (χ0n) is 8.75. The Hall–Kier alpha value is -1.01. The molecular weight excluding hydrogens is 204 g/mol. The first-order chi connectivity index (χ1) is 7.40. The van der Waals surface area contributed by atoms with E-state index in [0.29, 0.717) is 5.88 Å². The molecule has 0 atom stereocenters. The standard InChI is InChI=1S/C14H15Cl/c15-11-10-12-6-8-14(9-7-12)13-4-2-1-3-5-13/h2,4-9H,1,3,10-11H2. The van der Waals surface area contributed by atoms with Gasteiger partial charge in [0.1, 0.15) is 0 Å². The topological polar surface area (TPSA) is 0 Å². The Morgan fingerprint density at radius 2 is 1.87 bits per heavy atom. The normalized spacial score (nSPS) is 15.1. The highest BCUT2D eigenvalue weighted by Crippen LogP contribution is 2.21. The van der Waals surface area contributed by atoms with Crippen molar-refractivity contribution in [3.63, 3.8) is 0 Å². The Labute approximate surface area is 96.3 Å².